The van der Waals surface area contributed by atoms with Gasteiger partial charge in [-0.3, -0.25) is 4.90 Å². The Hall–Kier alpha value is -2.89. The molecule has 0 aliphatic carbocycles. The van der Waals surface area contributed by atoms with E-state index in [1.165, 1.54) is 4.90 Å². The van der Waals surface area contributed by atoms with Gasteiger partial charge in [0.15, 0.2) is 0 Å². The summed E-state index contributed by atoms with van der Waals surface area (Å²) in [5.41, 5.74) is 3.69. The van der Waals surface area contributed by atoms with E-state index in [4.69, 9.17) is 9.37 Å². The molecule has 0 saturated carbocycles. The summed E-state index contributed by atoms with van der Waals surface area (Å²) >= 11 is 0. The Balaban J connectivity index is 1.81. The molecule has 0 aliphatic heterocycles. The first-order valence-electron chi connectivity index (χ1n) is 7.63. The van der Waals surface area contributed by atoms with E-state index in [1.807, 2.05) is 63.2 Å². The minimum Gasteiger partial charge on any atom is -0.443 e. The molecule has 2 aromatic carbocycles. The lowest BCUT2D eigenvalue weighted by molar-refractivity contribution is 0.0589. The second-order valence-electron chi connectivity index (χ2n) is 6.55. The van der Waals surface area contributed by atoms with E-state index in [-0.39, 0.29) is 6.09 Å². The van der Waals surface area contributed by atoms with Crippen LogP contribution in [0.5, 0.6) is 0 Å². The van der Waals surface area contributed by atoms with Crippen molar-refractivity contribution in [1.29, 1.82) is 0 Å². The molecule has 0 N–H and O–H groups in total. The standard InChI is InChI=1S/C18H19N3O3/c1-18(2,3)23-17(22)21(4)14-8-5-12(6-9-14)13-7-10-15-16(11-13)20-24-19-15/h5-11H,1-4H3. The second kappa shape index (κ2) is 5.96. The molecule has 124 valence electrons. The number of carbonyl (C=O) groups excluding carboxylic acids is 1. The molecule has 1 heterocycles. The number of fused-ring (bicyclic) bond motifs is 1. The van der Waals surface area contributed by atoms with Crippen LogP contribution in [-0.2, 0) is 4.74 Å². The Labute approximate surface area is 140 Å². The molecule has 0 spiro atoms. The maximum Gasteiger partial charge on any atom is 0.414 e. The lowest BCUT2D eigenvalue weighted by Crippen LogP contribution is -2.34. The Morgan fingerprint density at radius 2 is 1.62 bits per heavy atom. The molecule has 1 amide bonds. The zero-order valence-electron chi connectivity index (χ0n) is 14.1. The van der Waals surface area contributed by atoms with Crippen molar-refractivity contribution in [3.63, 3.8) is 0 Å². The molecule has 0 saturated heterocycles. The van der Waals surface area contributed by atoms with Gasteiger partial charge in [-0.1, -0.05) is 18.2 Å². The van der Waals surface area contributed by atoms with Crippen molar-refractivity contribution in [2.75, 3.05) is 11.9 Å². The highest BCUT2D eigenvalue weighted by Crippen LogP contribution is 2.25. The maximum atomic E-state index is 12.1. The number of nitrogens with zero attached hydrogens (tertiary/aromatic N) is 3. The van der Waals surface area contributed by atoms with Gasteiger partial charge in [0.05, 0.1) is 0 Å². The molecule has 6 nitrogen and oxygen atoms in total. The van der Waals surface area contributed by atoms with Gasteiger partial charge in [0.2, 0.25) is 0 Å². The Bertz CT molecular complexity index is 863. The normalized spacial score (nSPS) is 11.5. The number of rotatable bonds is 2. The van der Waals surface area contributed by atoms with Crippen LogP contribution in [0.15, 0.2) is 47.1 Å². The third-order valence-electron chi connectivity index (χ3n) is 3.51. The van der Waals surface area contributed by atoms with Crippen LogP contribution in [0.3, 0.4) is 0 Å². The van der Waals surface area contributed by atoms with Crippen molar-refractivity contribution >= 4 is 22.8 Å². The fourth-order valence-corrected chi connectivity index (χ4v) is 2.27. The van der Waals surface area contributed by atoms with Gasteiger partial charge < -0.3 is 4.74 Å². The Morgan fingerprint density at radius 1 is 1.00 bits per heavy atom. The largest absolute Gasteiger partial charge is 0.443 e. The third kappa shape index (κ3) is 3.37. The van der Waals surface area contributed by atoms with Crippen molar-refractivity contribution in [2.24, 2.45) is 0 Å². The third-order valence-corrected chi connectivity index (χ3v) is 3.51. The van der Waals surface area contributed by atoms with Gasteiger partial charge in [-0.05, 0) is 66.5 Å². The van der Waals surface area contributed by atoms with E-state index >= 15 is 0 Å². The van der Waals surface area contributed by atoms with Crippen LogP contribution in [0, 0.1) is 0 Å². The number of hydrogen-bond donors (Lipinski definition) is 0. The van der Waals surface area contributed by atoms with E-state index in [2.05, 4.69) is 10.3 Å². The first-order chi connectivity index (χ1) is 11.3. The minimum absolute atomic E-state index is 0.384. The van der Waals surface area contributed by atoms with E-state index in [0.29, 0.717) is 5.52 Å². The highest BCUT2D eigenvalue weighted by Gasteiger charge is 2.20. The molecule has 3 aromatic rings. The molecule has 0 aliphatic rings. The Morgan fingerprint density at radius 3 is 2.29 bits per heavy atom. The lowest BCUT2D eigenvalue weighted by Gasteiger charge is -2.24. The molecule has 0 atom stereocenters. The van der Waals surface area contributed by atoms with Crippen LogP contribution in [-0.4, -0.2) is 29.1 Å². The molecule has 0 fully saturated rings. The lowest BCUT2D eigenvalue weighted by atomic mass is 10.0. The number of carbonyl (C=O) groups is 1. The average Bonchev–Trinajstić information content (AvgIpc) is 3.00. The van der Waals surface area contributed by atoms with Crippen molar-refractivity contribution < 1.29 is 14.2 Å². The highest BCUT2D eigenvalue weighted by atomic mass is 16.6. The molecule has 24 heavy (non-hydrogen) atoms. The van der Waals surface area contributed by atoms with Gasteiger partial charge in [-0.15, -0.1) is 0 Å². The van der Waals surface area contributed by atoms with E-state index < -0.39 is 5.60 Å². The van der Waals surface area contributed by atoms with Crippen LogP contribution in [0.4, 0.5) is 10.5 Å². The van der Waals surface area contributed by atoms with Crippen molar-refractivity contribution in [1.82, 2.24) is 10.3 Å². The molecular weight excluding hydrogens is 306 g/mol. The van der Waals surface area contributed by atoms with Crippen LogP contribution in [0.25, 0.3) is 22.2 Å². The van der Waals surface area contributed by atoms with E-state index in [1.54, 1.807) is 7.05 Å². The monoisotopic (exact) mass is 325 g/mol. The van der Waals surface area contributed by atoms with Gasteiger partial charge in [0.1, 0.15) is 16.6 Å². The fraction of sp³-hybridized carbons (Fsp3) is 0.278. The first kappa shape index (κ1) is 16.0. The molecular formula is C18H19N3O3. The quantitative estimate of drug-likeness (QED) is 0.704. The molecule has 6 heteroatoms. The number of benzene rings is 2. The summed E-state index contributed by atoms with van der Waals surface area (Å²) in [7, 11) is 1.69. The number of hydrogen-bond acceptors (Lipinski definition) is 5. The van der Waals surface area contributed by atoms with Gasteiger partial charge in [0, 0.05) is 12.7 Å². The van der Waals surface area contributed by atoms with Crippen LogP contribution < -0.4 is 4.90 Å². The van der Waals surface area contributed by atoms with Crippen LogP contribution in [0.1, 0.15) is 20.8 Å². The zero-order valence-corrected chi connectivity index (χ0v) is 14.1. The highest BCUT2D eigenvalue weighted by molar-refractivity contribution is 5.88. The molecule has 0 bridgehead atoms. The van der Waals surface area contributed by atoms with Gasteiger partial charge in [-0.25, -0.2) is 9.42 Å². The second-order valence-corrected chi connectivity index (χ2v) is 6.55. The smallest absolute Gasteiger partial charge is 0.414 e. The molecule has 0 radical (unpaired) electrons. The first-order valence-corrected chi connectivity index (χ1v) is 7.63. The summed E-state index contributed by atoms with van der Waals surface area (Å²) in [5.74, 6) is 0. The van der Waals surface area contributed by atoms with E-state index in [0.717, 1.165) is 22.3 Å². The topological polar surface area (TPSA) is 68.5 Å². The predicted molar refractivity (Wildman–Crippen MR) is 91.9 cm³/mol. The maximum absolute atomic E-state index is 12.1. The van der Waals surface area contributed by atoms with Crippen molar-refractivity contribution in [3.8, 4) is 11.1 Å². The average molecular weight is 325 g/mol. The number of ether oxygens (including phenoxy) is 1. The molecule has 3 rings (SSSR count). The van der Waals surface area contributed by atoms with E-state index in [9.17, 15) is 4.79 Å². The minimum atomic E-state index is -0.522. The SMILES string of the molecule is CN(C(=O)OC(C)(C)C)c1ccc(-c2ccc3nonc3c2)cc1. The molecule has 1 aromatic heterocycles. The number of aromatic nitrogens is 2. The summed E-state index contributed by atoms with van der Waals surface area (Å²) < 4.78 is 10.1. The summed E-state index contributed by atoms with van der Waals surface area (Å²) in [5, 5.41) is 7.65. The number of amides is 1. The predicted octanol–water partition coefficient (Wildman–Crippen LogP) is 4.26. The van der Waals surface area contributed by atoms with Crippen molar-refractivity contribution in [2.45, 2.75) is 26.4 Å². The van der Waals surface area contributed by atoms with Gasteiger partial charge >= 0.3 is 6.09 Å². The van der Waals surface area contributed by atoms with Crippen LogP contribution in [0.2, 0.25) is 0 Å². The fourth-order valence-electron chi connectivity index (χ4n) is 2.27. The van der Waals surface area contributed by atoms with Gasteiger partial charge in [-0.2, -0.15) is 0 Å². The zero-order chi connectivity index (χ0) is 17.3. The Kier molecular flexibility index (Phi) is 3.97. The van der Waals surface area contributed by atoms with Crippen molar-refractivity contribution in [3.05, 3.63) is 42.5 Å². The summed E-state index contributed by atoms with van der Waals surface area (Å²) in [4.78, 5) is 13.6. The van der Waals surface area contributed by atoms with Gasteiger partial charge in [0.25, 0.3) is 0 Å². The number of anilines is 1. The summed E-state index contributed by atoms with van der Waals surface area (Å²) in [6.45, 7) is 5.53. The molecule has 0 unspecified atom stereocenters. The van der Waals surface area contributed by atoms with Crippen LogP contribution >= 0.6 is 0 Å². The summed E-state index contributed by atoms with van der Waals surface area (Å²) in [6.07, 6.45) is -0.384. The summed E-state index contributed by atoms with van der Waals surface area (Å²) in [6, 6.07) is 13.4.